The maximum Gasteiger partial charge on any atom is 0.267 e. The number of amides is 1. The van der Waals surface area contributed by atoms with Gasteiger partial charge in [-0.05, 0) is 48.2 Å². The number of aryl methyl sites for hydroxylation is 1. The molecule has 6 heteroatoms. The van der Waals surface area contributed by atoms with Crippen molar-refractivity contribution >= 4 is 38.8 Å². The summed E-state index contributed by atoms with van der Waals surface area (Å²) >= 11 is 1.32. The fourth-order valence-corrected chi connectivity index (χ4v) is 5.46. The van der Waals surface area contributed by atoms with Gasteiger partial charge in [0.25, 0.3) is 5.91 Å². The average molecular weight is 438 g/mol. The van der Waals surface area contributed by atoms with Gasteiger partial charge in [0.05, 0.1) is 17.6 Å². The molecule has 6 rings (SSSR count). The number of nitrogens with two attached hydrogens (primary N) is 1. The van der Waals surface area contributed by atoms with E-state index >= 15 is 0 Å². The van der Waals surface area contributed by atoms with Crippen LogP contribution in [0, 0.1) is 0 Å². The number of pyridine rings is 1. The summed E-state index contributed by atoms with van der Waals surface area (Å²) in [5.74, 6) is 0.507. The van der Waals surface area contributed by atoms with Gasteiger partial charge in [-0.2, -0.15) is 0 Å². The highest BCUT2D eigenvalue weighted by molar-refractivity contribution is 7.21. The van der Waals surface area contributed by atoms with Gasteiger partial charge in [-0.25, -0.2) is 4.98 Å². The number of fused-ring (bicyclic) bond motifs is 4. The lowest BCUT2D eigenvalue weighted by molar-refractivity contribution is 0.103. The second-order valence-corrected chi connectivity index (χ2v) is 8.79. The van der Waals surface area contributed by atoms with Gasteiger partial charge < -0.3 is 15.5 Å². The Balaban J connectivity index is 1.59. The molecule has 2 aromatic carbocycles. The summed E-state index contributed by atoms with van der Waals surface area (Å²) in [6.07, 6.45) is 3.43. The molecule has 5 aromatic rings. The van der Waals surface area contributed by atoms with Gasteiger partial charge in [0.15, 0.2) is 0 Å². The molecule has 32 heavy (non-hydrogen) atoms. The van der Waals surface area contributed by atoms with Crippen molar-refractivity contribution in [3.8, 4) is 22.6 Å². The van der Waals surface area contributed by atoms with Crippen LogP contribution in [-0.2, 0) is 12.8 Å². The maximum atomic E-state index is 13.1. The van der Waals surface area contributed by atoms with Gasteiger partial charge in [0.2, 0.25) is 0 Å². The van der Waals surface area contributed by atoms with Gasteiger partial charge in [-0.15, -0.1) is 11.3 Å². The lowest BCUT2D eigenvalue weighted by atomic mass is 9.85. The molecule has 3 N–H and O–H groups in total. The summed E-state index contributed by atoms with van der Waals surface area (Å²) in [5, 5.41) is 3.73. The molecule has 5 nitrogen and oxygen atoms in total. The predicted octanol–water partition coefficient (Wildman–Crippen LogP) is 6.16. The van der Waals surface area contributed by atoms with E-state index in [0.717, 1.165) is 56.9 Å². The van der Waals surface area contributed by atoms with E-state index in [1.807, 2.05) is 48.5 Å². The number of rotatable bonds is 3. The highest BCUT2D eigenvalue weighted by Crippen LogP contribution is 2.46. The van der Waals surface area contributed by atoms with Crippen molar-refractivity contribution in [2.75, 3.05) is 11.1 Å². The molecule has 156 valence electrons. The van der Waals surface area contributed by atoms with Gasteiger partial charge in [0, 0.05) is 22.2 Å². The van der Waals surface area contributed by atoms with Crippen LogP contribution in [0.2, 0.25) is 0 Å². The minimum absolute atomic E-state index is 0.236. The van der Waals surface area contributed by atoms with Gasteiger partial charge in [-0.1, -0.05) is 42.5 Å². The Kier molecular flexibility index (Phi) is 4.33. The number of nitrogens with zero attached hydrogens (tertiary/aromatic N) is 1. The smallest absolute Gasteiger partial charge is 0.267 e. The maximum absolute atomic E-state index is 13.1. The van der Waals surface area contributed by atoms with Crippen LogP contribution in [0.1, 0.15) is 20.8 Å². The molecule has 3 heterocycles. The van der Waals surface area contributed by atoms with Crippen LogP contribution >= 0.6 is 11.3 Å². The average Bonchev–Trinajstić information content (AvgIpc) is 3.47. The number of aromatic nitrogens is 1. The van der Waals surface area contributed by atoms with Gasteiger partial charge in [0.1, 0.15) is 15.5 Å². The third kappa shape index (κ3) is 2.92. The van der Waals surface area contributed by atoms with Crippen LogP contribution < -0.4 is 11.1 Å². The SMILES string of the molecule is Nc1c(C(=O)Nc2ccccc2)sc2nc3c(c(-c4ccco4)c12)CCc1ccccc1-3. The number of hydrogen-bond acceptors (Lipinski definition) is 5. The zero-order chi connectivity index (χ0) is 21.7. The van der Waals surface area contributed by atoms with E-state index < -0.39 is 0 Å². The zero-order valence-corrected chi connectivity index (χ0v) is 17.9. The highest BCUT2D eigenvalue weighted by atomic mass is 32.1. The molecule has 0 atom stereocenters. The van der Waals surface area contributed by atoms with E-state index in [1.165, 1.54) is 16.9 Å². The summed E-state index contributed by atoms with van der Waals surface area (Å²) in [4.78, 5) is 19.3. The van der Waals surface area contributed by atoms with Crippen molar-refractivity contribution in [3.63, 3.8) is 0 Å². The highest BCUT2D eigenvalue weighted by Gasteiger charge is 2.28. The number of anilines is 2. The fraction of sp³-hybridized carbons (Fsp3) is 0.0769. The number of nitrogen functional groups attached to an aromatic ring is 1. The number of para-hydroxylation sites is 1. The molecule has 0 unspecified atom stereocenters. The van der Waals surface area contributed by atoms with E-state index in [1.54, 1.807) is 6.26 Å². The van der Waals surface area contributed by atoms with Crippen molar-refractivity contribution < 1.29 is 9.21 Å². The largest absolute Gasteiger partial charge is 0.464 e. The lowest BCUT2D eigenvalue weighted by Crippen LogP contribution is -2.12. The lowest BCUT2D eigenvalue weighted by Gasteiger charge is -2.21. The minimum atomic E-state index is -0.236. The first-order valence-electron chi connectivity index (χ1n) is 10.4. The third-order valence-corrected chi connectivity index (χ3v) is 7.00. The number of thiophene rings is 1. The Bertz CT molecular complexity index is 1470. The van der Waals surface area contributed by atoms with Crippen LogP contribution in [-0.4, -0.2) is 10.9 Å². The molecule has 1 aliphatic carbocycles. The second kappa shape index (κ2) is 7.35. The Hall–Kier alpha value is -3.90. The van der Waals surface area contributed by atoms with E-state index in [9.17, 15) is 4.79 Å². The fourth-order valence-electron chi connectivity index (χ4n) is 4.46. The molecule has 3 aromatic heterocycles. The first-order chi connectivity index (χ1) is 15.7. The van der Waals surface area contributed by atoms with Crippen molar-refractivity contribution in [1.82, 2.24) is 4.98 Å². The summed E-state index contributed by atoms with van der Waals surface area (Å²) in [5.41, 5.74) is 13.2. The number of carbonyl (C=O) groups is 1. The van der Waals surface area contributed by atoms with Crippen molar-refractivity contribution in [1.29, 1.82) is 0 Å². The Labute approximate surface area is 188 Å². The van der Waals surface area contributed by atoms with E-state index in [-0.39, 0.29) is 5.91 Å². The number of nitrogens with one attached hydrogen (secondary N) is 1. The predicted molar refractivity (Wildman–Crippen MR) is 129 cm³/mol. The number of benzene rings is 2. The summed E-state index contributed by atoms with van der Waals surface area (Å²) in [7, 11) is 0. The first kappa shape index (κ1) is 18.8. The van der Waals surface area contributed by atoms with E-state index in [0.29, 0.717) is 10.6 Å². The summed E-state index contributed by atoms with van der Waals surface area (Å²) in [6.45, 7) is 0. The van der Waals surface area contributed by atoms with Crippen LogP contribution in [0.5, 0.6) is 0 Å². The van der Waals surface area contributed by atoms with Gasteiger partial charge >= 0.3 is 0 Å². The molecule has 0 bridgehead atoms. The molecule has 0 radical (unpaired) electrons. The molecule has 1 amide bonds. The molecule has 0 fully saturated rings. The van der Waals surface area contributed by atoms with Crippen LogP contribution in [0.25, 0.3) is 32.8 Å². The van der Waals surface area contributed by atoms with E-state index in [4.69, 9.17) is 15.1 Å². The van der Waals surface area contributed by atoms with Crippen molar-refractivity contribution in [3.05, 3.63) is 89.0 Å². The Morgan fingerprint density at radius 3 is 2.62 bits per heavy atom. The monoisotopic (exact) mass is 437 g/mol. The Morgan fingerprint density at radius 1 is 1.00 bits per heavy atom. The molecule has 0 saturated carbocycles. The summed E-state index contributed by atoms with van der Waals surface area (Å²) in [6, 6.07) is 21.5. The molecule has 0 spiro atoms. The minimum Gasteiger partial charge on any atom is -0.464 e. The van der Waals surface area contributed by atoms with Crippen LogP contribution in [0.15, 0.2) is 77.4 Å². The molecule has 1 aliphatic rings. The number of furan rings is 1. The van der Waals surface area contributed by atoms with Crippen molar-refractivity contribution in [2.24, 2.45) is 0 Å². The normalized spacial score (nSPS) is 12.4. The van der Waals surface area contributed by atoms with Crippen LogP contribution in [0.4, 0.5) is 11.4 Å². The first-order valence-corrected chi connectivity index (χ1v) is 11.3. The standard InChI is InChI=1S/C26H19N3O2S/c27-22-21-20(19-11-6-14-31-19)18-13-12-15-7-4-5-10-17(15)23(18)29-26(21)32-24(22)25(30)28-16-8-2-1-3-9-16/h1-11,14H,12-13,27H2,(H,28,30). The van der Waals surface area contributed by atoms with Crippen molar-refractivity contribution in [2.45, 2.75) is 12.8 Å². The second-order valence-electron chi connectivity index (χ2n) is 7.79. The topological polar surface area (TPSA) is 81.2 Å². The van der Waals surface area contributed by atoms with Gasteiger partial charge in [-0.3, -0.25) is 4.79 Å². The molecular formula is C26H19N3O2S. The molecule has 0 aliphatic heterocycles. The quantitative estimate of drug-likeness (QED) is 0.354. The summed E-state index contributed by atoms with van der Waals surface area (Å²) < 4.78 is 5.82. The number of carbonyl (C=O) groups excluding carboxylic acids is 1. The Morgan fingerprint density at radius 2 is 1.81 bits per heavy atom. The third-order valence-electron chi connectivity index (χ3n) is 5.90. The molecule has 0 saturated heterocycles. The number of hydrogen-bond donors (Lipinski definition) is 2. The van der Waals surface area contributed by atoms with E-state index in [2.05, 4.69) is 23.5 Å². The molecular weight excluding hydrogens is 418 g/mol. The zero-order valence-electron chi connectivity index (χ0n) is 17.1. The van der Waals surface area contributed by atoms with Crippen LogP contribution in [0.3, 0.4) is 0 Å².